The van der Waals surface area contributed by atoms with Gasteiger partial charge in [0.2, 0.25) is 0 Å². The molecule has 0 aliphatic carbocycles. The van der Waals surface area contributed by atoms with E-state index >= 15 is 0 Å². The van der Waals surface area contributed by atoms with E-state index in [9.17, 15) is 0 Å². The lowest BCUT2D eigenvalue weighted by Gasteiger charge is -2.38. The van der Waals surface area contributed by atoms with Gasteiger partial charge in [0.1, 0.15) is 5.82 Å². The molecule has 110 valence electrons. The summed E-state index contributed by atoms with van der Waals surface area (Å²) >= 11 is 0. The van der Waals surface area contributed by atoms with E-state index in [2.05, 4.69) is 33.8 Å². The van der Waals surface area contributed by atoms with Gasteiger partial charge in [-0.1, -0.05) is 13.0 Å². The zero-order valence-corrected chi connectivity index (χ0v) is 12.5. The highest BCUT2D eigenvalue weighted by molar-refractivity contribution is 5.40. The van der Waals surface area contributed by atoms with Crippen molar-refractivity contribution in [3.63, 3.8) is 0 Å². The lowest BCUT2D eigenvalue weighted by atomic mass is 10.1. The van der Waals surface area contributed by atoms with Crippen molar-refractivity contribution in [2.75, 3.05) is 31.1 Å². The van der Waals surface area contributed by atoms with Crippen molar-refractivity contribution in [3.05, 3.63) is 23.9 Å². The van der Waals surface area contributed by atoms with Crippen LogP contribution in [0.15, 0.2) is 18.3 Å². The minimum absolute atomic E-state index is 0.254. The van der Waals surface area contributed by atoms with Crippen LogP contribution in [0.25, 0.3) is 0 Å². The minimum atomic E-state index is 0.254. The Hall–Kier alpha value is -1.13. The molecule has 2 aliphatic heterocycles. The van der Waals surface area contributed by atoms with E-state index in [0.717, 1.165) is 37.8 Å². The Morgan fingerprint density at radius 1 is 1.35 bits per heavy atom. The number of hydrogen-bond acceptors (Lipinski definition) is 4. The maximum atomic E-state index is 6.00. The molecule has 0 radical (unpaired) electrons. The molecule has 2 fully saturated rings. The summed E-state index contributed by atoms with van der Waals surface area (Å²) in [6, 6.07) is 5.37. The molecule has 2 aliphatic rings. The first-order chi connectivity index (χ1) is 9.76. The fourth-order valence-electron chi connectivity index (χ4n) is 3.37. The Morgan fingerprint density at radius 3 is 3.00 bits per heavy atom. The molecule has 0 saturated carbocycles. The predicted molar refractivity (Wildman–Crippen MR) is 83.0 cm³/mol. The Labute approximate surface area is 122 Å². The molecule has 4 heteroatoms. The van der Waals surface area contributed by atoms with Crippen molar-refractivity contribution >= 4 is 5.82 Å². The Bertz CT molecular complexity index is 431. The summed E-state index contributed by atoms with van der Waals surface area (Å²) in [7, 11) is 0. The fourth-order valence-corrected chi connectivity index (χ4v) is 3.37. The van der Waals surface area contributed by atoms with Crippen molar-refractivity contribution in [1.29, 1.82) is 0 Å². The third kappa shape index (κ3) is 2.96. The second-order valence-corrected chi connectivity index (χ2v) is 6.18. The average Bonchev–Trinajstić information content (AvgIpc) is 2.95. The molecular formula is C16H26N4. The molecule has 2 unspecified atom stereocenters. The largest absolute Gasteiger partial charge is 0.354 e. The fraction of sp³-hybridized carbons (Fsp3) is 0.688. The lowest BCUT2D eigenvalue weighted by molar-refractivity contribution is 0.230. The van der Waals surface area contributed by atoms with Gasteiger partial charge in [-0.05, 0) is 43.9 Å². The van der Waals surface area contributed by atoms with Gasteiger partial charge >= 0.3 is 0 Å². The molecule has 20 heavy (non-hydrogen) atoms. The average molecular weight is 274 g/mol. The first-order valence-corrected chi connectivity index (χ1v) is 7.95. The maximum Gasteiger partial charge on any atom is 0.128 e. The second-order valence-electron chi connectivity index (χ2n) is 6.18. The van der Waals surface area contributed by atoms with E-state index in [1.807, 2.05) is 6.20 Å². The molecule has 4 nitrogen and oxygen atoms in total. The molecule has 0 bridgehead atoms. The summed E-state index contributed by atoms with van der Waals surface area (Å²) in [5.74, 6) is 1.13. The number of fused-ring (bicyclic) bond motifs is 1. The zero-order valence-electron chi connectivity index (χ0n) is 12.5. The van der Waals surface area contributed by atoms with E-state index in [1.165, 1.54) is 31.5 Å². The molecule has 0 amide bonds. The van der Waals surface area contributed by atoms with Crippen LogP contribution >= 0.6 is 0 Å². The highest BCUT2D eigenvalue weighted by Gasteiger charge is 2.30. The van der Waals surface area contributed by atoms with Gasteiger partial charge in [0.15, 0.2) is 0 Å². The molecular weight excluding hydrogens is 248 g/mol. The highest BCUT2D eigenvalue weighted by Crippen LogP contribution is 2.24. The van der Waals surface area contributed by atoms with Gasteiger partial charge in [-0.3, -0.25) is 4.90 Å². The predicted octanol–water partition coefficient (Wildman–Crippen LogP) is 1.65. The van der Waals surface area contributed by atoms with Gasteiger partial charge < -0.3 is 10.6 Å². The number of nitrogens with zero attached hydrogens (tertiary/aromatic N) is 3. The molecule has 2 N–H and O–H groups in total. The Kier molecular flexibility index (Phi) is 4.22. The Balaban J connectivity index is 1.62. The summed E-state index contributed by atoms with van der Waals surface area (Å²) in [6.07, 6.45) is 6.66. The van der Waals surface area contributed by atoms with Crippen LogP contribution in [0.4, 0.5) is 5.82 Å². The normalized spacial score (nSPS) is 24.7. The summed E-state index contributed by atoms with van der Waals surface area (Å²) < 4.78 is 0. The summed E-state index contributed by atoms with van der Waals surface area (Å²) in [5, 5.41) is 0. The first-order valence-electron chi connectivity index (χ1n) is 7.95. The maximum absolute atomic E-state index is 6.00. The quantitative estimate of drug-likeness (QED) is 0.907. The van der Waals surface area contributed by atoms with Crippen LogP contribution in [-0.2, 0) is 6.42 Å². The molecule has 2 atom stereocenters. The molecule has 0 spiro atoms. The van der Waals surface area contributed by atoms with Gasteiger partial charge in [0.25, 0.3) is 0 Å². The van der Waals surface area contributed by atoms with Crippen LogP contribution in [-0.4, -0.2) is 48.1 Å². The van der Waals surface area contributed by atoms with Crippen molar-refractivity contribution in [1.82, 2.24) is 9.88 Å². The second kappa shape index (κ2) is 6.10. The first kappa shape index (κ1) is 13.8. The monoisotopic (exact) mass is 274 g/mol. The van der Waals surface area contributed by atoms with E-state index in [1.54, 1.807) is 0 Å². The summed E-state index contributed by atoms with van der Waals surface area (Å²) in [4.78, 5) is 9.73. The van der Waals surface area contributed by atoms with E-state index in [4.69, 9.17) is 5.73 Å². The van der Waals surface area contributed by atoms with E-state index < -0.39 is 0 Å². The minimum Gasteiger partial charge on any atom is -0.354 e. The number of rotatable bonds is 4. The molecule has 2 saturated heterocycles. The third-order valence-corrected chi connectivity index (χ3v) is 4.74. The standard InChI is InChI=1S/C16H26N4/c1-2-14(17)10-13-5-6-16(18-11-13)20-9-8-19-7-3-4-15(19)12-20/h5-6,11,14-15H,2-4,7-10,12,17H2,1H3. The van der Waals surface area contributed by atoms with Crippen LogP contribution in [0.3, 0.4) is 0 Å². The number of piperazine rings is 1. The van der Waals surface area contributed by atoms with Crippen LogP contribution in [0.5, 0.6) is 0 Å². The molecule has 1 aromatic rings. The number of nitrogens with two attached hydrogens (primary N) is 1. The van der Waals surface area contributed by atoms with Gasteiger partial charge in [-0.15, -0.1) is 0 Å². The number of anilines is 1. The van der Waals surface area contributed by atoms with Crippen LogP contribution in [0.2, 0.25) is 0 Å². The van der Waals surface area contributed by atoms with E-state index in [-0.39, 0.29) is 6.04 Å². The van der Waals surface area contributed by atoms with Gasteiger partial charge in [-0.25, -0.2) is 4.98 Å². The lowest BCUT2D eigenvalue weighted by Crippen LogP contribution is -2.50. The number of pyridine rings is 1. The molecule has 0 aromatic carbocycles. The number of aromatic nitrogens is 1. The van der Waals surface area contributed by atoms with Gasteiger partial charge in [0, 0.05) is 37.9 Å². The van der Waals surface area contributed by atoms with Crippen LogP contribution < -0.4 is 10.6 Å². The van der Waals surface area contributed by atoms with E-state index in [0.29, 0.717) is 0 Å². The number of hydrogen-bond donors (Lipinski definition) is 1. The van der Waals surface area contributed by atoms with Crippen molar-refractivity contribution in [2.45, 2.75) is 44.7 Å². The molecule has 3 heterocycles. The van der Waals surface area contributed by atoms with Crippen LogP contribution in [0.1, 0.15) is 31.7 Å². The molecule has 1 aromatic heterocycles. The van der Waals surface area contributed by atoms with Gasteiger partial charge in [-0.2, -0.15) is 0 Å². The third-order valence-electron chi connectivity index (χ3n) is 4.74. The van der Waals surface area contributed by atoms with Crippen LogP contribution in [0, 0.1) is 0 Å². The summed E-state index contributed by atoms with van der Waals surface area (Å²) in [5.41, 5.74) is 7.25. The topological polar surface area (TPSA) is 45.4 Å². The smallest absolute Gasteiger partial charge is 0.128 e. The zero-order chi connectivity index (χ0) is 13.9. The summed E-state index contributed by atoms with van der Waals surface area (Å²) in [6.45, 7) is 6.86. The SMILES string of the molecule is CCC(N)Cc1ccc(N2CCN3CCCC3C2)nc1. The highest BCUT2D eigenvalue weighted by atomic mass is 15.3. The van der Waals surface area contributed by atoms with Crippen molar-refractivity contribution in [3.8, 4) is 0 Å². The Morgan fingerprint density at radius 2 is 2.25 bits per heavy atom. The van der Waals surface area contributed by atoms with Crippen molar-refractivity contribution < 1.29 is 0 Å². The van der Waals surface area contributed by atoms with Crippen molar-refractivity contribution in [2.24, 2.45) is 5.73 Å². The molecule has 3 rings (SSSR count). The van der Waals surface area contributed by atoms with Gasteiger partial charge in [0.05, 0.1) is 0 Å².